The van der Waals surface area contributed by atoms with Gasteiger partial charge >= 0.3 is 5.97 Å². The molecule has 1 saturated heterocycles. The Morgan fingerprint density at radius 2 is 2.20 bits per heavy atom. The van der Waals surface area contributed by atoms with E-state index in [1.54, 1.807) is 17.9 Å². The molecule has 0 aliphatic carbocycles. The lowest BCUT2D eigenvalue weighted by molar-refractivity contribution is -0.141. The number of thioether (sulfide) groups is 1. The minimum absolute atomic E-state index is 0.0108. The SMILES string of the molecule is CCN(/C=C(/C#N)C(=O)NC(CCSC)C(=O)O)C1CCS(=O)(=O)C1. The number of carboxylic acids is 1. The molecule has 0 aromatic carbocycles. The number of nitrogens with zero attached hydrogens (tertiary/aromatic N) is 2. The third kappa shape index (κ3) is 6.59. The lowest BCUT2D eigenvalue weighted by atomic mass is 10.2. The maximum absolute atomic E-state index is 12.2. The first-order chi connectivity index (χ1) is 11.7. The molecule has 8 nitrogen and oxygen atoms in total. The van der Waals surface area contributed by atoms with Crippen LogP contribution in [0.5, 0.6) is 0 Å². The smallest absolute Gasteiger partial charge is 0.326 e. The fourth-order valence-corrected chi connectivity index (χ4v) is 4.74. The molecule has 0 aromatic rings. The highest BCUT2D eigenvalue weighted by Gasteiger charge is 2.31. The van der Waals surface area contributed by atoms with Crippen molar-refractivity contribution in [1.29, 1.82) is 5.26 Å². The number of hydrogen-bond acceptors (Lipinski definition) is 7. The fourth-order valence-electron chi connectivity index (χ4n) is 2.53. The summed E-state index contributed by atoms with van der Waals surface area (Å²) in [7, 11) is -3.09. The number of carbonyl (C=O) groups excluding carboxylic acids is 1. The summed E-state index contributed by atoms with van der Waals surface area (Å²) in [6, 6.07) is 0.421. The first-order valence-electron chi connectivity index (χ1n) is 7.84. The predicted molar refractivity (Wildman–Crippen MR) is 95.7 cm³/mol. The Balaban J connectivity index is 2.87. The molecular formula is C15H23N3O5S2. The van der Waals surface area contributed by atoms with Crippen molar-refractivity contribution in [2.24, 2.45) is 0 Å². The molecule has 140 valence electrons. The topological polar surface area (TPSA) is 128 Å². The number of nitrogens with one attached hydrogen (secondary N) is 1. The molecule has 0 aromatic heterocycles. The fraction of sp³-hybridized carbons (Fsp3) is 0.667. The standard InChI is InChI=1S/C15H23N3O5S2/c1-3-18(12-5-7-25(22,23)10-12)9-11(8-16)14(19)17-13(15(20)21)4-6-24-2/h9,12-13H,3-7,10H2,1-2H3,(H,17,19)(H,20,21)/b11-9-. The van der Waals surface area contributed by atoms with Crippen LogP contribution in [0.1, 0.15) is 19.8 Å². The lowest BCUT2D eigenvalue weighted by Gasteiger charge is -2.25. The van der Waals surface area contributed by atoms with E-state index in [4.69, 9.17) is 5.11 Å². The van der Waals surface area contributed by atoms with Crippen LogP contribution in [0.2, 0.25) is 0 Å². The van der Waals surface area contributed by atoms with Gasteiger partial charge in [-0.3, -0.25) is 4.79 Å². The summed E-state index contributed by atoms with van der Waals surface area (Å²) in [5.74, 6) is -1.29. The van der Waals surface area contributed by atoms with Gasteiger partial charge in [-0.1, -0.05) is 0 Å². The normalized spacial score (nSPS) is 20.5. The Morgan fingerprint density at radius 1 is 1.52 bits per heavy atom. The molecule has 1 aliphatic rings. The third-order valence-electron chi connectivity index (χ3n) is 3.92. The zero-order valence-corrected chi connectivity index (χ0v) is 15.9. The minimum atomic E-state index is -3.09. The van der Waals surface area contributed by atoms with E-state index >= 15 is 0 Å². The summed E-state index contributed by atoms with van der Waals surface area (Å²) in [5, 5.41) is 20.7. The van der Waals surface area contributed by atoms with Crippen LogP contribution < -0.4 is 5.32 Å². The Bertz CT molecular complexity index is 669. The maximum atomic E-state index is 12.2. The molecule has 1 aliphatic heterocycles. The molecule has 1 heterocycles. The third-order valence-corrected chi connectivity index (χ3v) is 6.31. The molecule has 0 spiro atoms. The van der Waals surface area contributed by atoms with Gasteiger partial charge in [-0.2, -0.15) is 17.0 Å². The first-order valence-corrected chi connectivity index (χ1v) is 11.1. The van der Waals surface area contributed by atoms with Crippen molar-refractivity contribution in [3.8, 4) is 6.07 Å². The van der Waals surface area contributed by atoms with Gasteiger partial charge in [0, 0.05) is 18.8 Å². The second-order valence-electron chi connectivity index (χ2n) is 5.69. The molecule has 1 amide bonds. The molecule has 0 radical (unpaired) electrons. The van der Waals surface area contributed by atoms with Crippen molar-refractivity contribution in [2.75, 3.05) is 30.1 Å². The van der Waals surface area contributed by atoms with E-state index < -0.39 is 27.8 Å². The van der Waals surface area contributed by atoms with E-state index in [0.717, 1.165) is 0 Å². The lowest BCUT2D eigenvalue weighted by Crippen LogP contribution is -2.42. The predicted octanol–water partition coefficient (Wildman–Crippen LogP) is 0.225. The van der Waals surface area contributed by atoms with Crippen LogP contribution >= 0.6 is 11.8 Å². The zero-order chi connectivity index (χ0) is 19.0. The number of aliphatic carboxylic acids is 1. The Hall–Kier alpha value is -1.73. The van der Waals surface area contributed by atoms with E-state index in [-0.39, 0.29) is 29.5 Å². The molecule has 0 saturated carbocycles. The van der Waals surface area contributed by atoms with Crippen molar-refractivity contribution in [1.82, 2.24) is 10.2 Å². The van der Waals surface area contributed by atoms with Crippen molar-refractivity contribution in [2.45, 2.75) is 31.8 Å². The summed E-state index contributed by atoms with van der Waals surface area (Å²) < 4.78 is 23.2. The molecular weight excluding hydrogens is 366 g/mol. The monoisotopic (exact) mass is 389 g/mol. The van der Waals surface area contributed by atoms with E-state index in [1.807, 2.05) is 6.26 Å². The van der Waals surface area contributed by atoms with Crippen molar-refractivity contribution >= 4 is 33.5 Å². The average Bonchev–Trinajstić information content (AvgIpc) is 2.91. The molecule has 2 N–H and O–H groups in total. The maximum Gasteiger partial charge on any atom is 0.326 e. The number of rotatable bonds is 9. The number of hydrogen-bond donors (Lipinski definition) is 2. The largest absolute Gasteiger partial charge is 0.480 e. The highest BCUT2D eigenvalue weighted by molar-refractivity contribution is 7.98. The second kappa shape index (κ2) is 9.68. The summed E-state index contributed by atoms with van der Waals surface area (Å²) in [5.41, 5.74) is -0.235. The van der Waals surface area contributed by atoms with Crippen LogP contribution in [0.25, 0.3) is 0 Å². The Morgan fingerprint density at radius 3 is 2.64 bits per heavy atom. The van der Waals surface area contributed by atoms with Gasteiger partial charge < -0.3 is 15.3 Å². The minimum Gasteiger partial charge on any atom is -0.480 e. The van der Waals surface area contributed by atoms with Crippen molar-refractivity contribution < 1.29 is 23.1 Å². The molecule has 25 heavy (non-hydrogen) atoms. The molecule has 1 fully saturated rings. The first kappa shape index (κ1) is 21.3. The molecule has 0 bridgehead atoms. The van der Waals surface area contributed by atoms with Gasteiger partial charge in [-0.15, -0.1) is 0 Å². The number of sulfone groups is 1. The van der Waals surface area contributed by atoms with Crippen LogP contribution in [-0.4, -0.2) is 72.4 Å². The highest BCUT2D eigenvalue weighted by atomic mass is 32.2. The van der Waals surface area contributed by atoms with Crippen LogP contribution in [0.15, 0.2) is 11.8 Å². The van der Waals surface area contributed by atoms with E-state index in [1.165, 1.54) is 18.0 Å². The molecule has 1 rings (SSSR count). The van der Waals surface area contributed by atoms with Crippen LogP contribution in [0, 0.1) is 11.3 Å². The summed E-state index contributed by atoms with van der Waals surface area (Å²) >= 11 is 1.46. The Kier molecular flexibility index (Phi) is 8.25. The number of carbonyl (C=O) groups is 2. The van der Waals surface area contributed by atoms with Crippen molar-refractivity contribution in [3.63, 3.8) is 0 Å². The van der Waals surface area contributed by atoms with Gasteiger partial charge in [0.15, 0.2) is 9.84 Å². The number of nitriles is 1. The van der Waals surface area contributed by atoms with Crippen LogP contribution in [0.4, 0.5) is 0 Å². The van der Waals surface area contributed by atoms with Gasteiger partial charge in [-0.05, 0) is 31.8 Å². The van der Waals surface area contributed by atoms with Gasteiger partial charge in [0.1, 0.15) is 17.7 Å². The number of amides is 1. The van der Waals surface area contributed by atoms with Gasteiger partial charge in [0.25, 0.3) is 5.91 Å². The summed E-state index contributed by atoms with van der Waals surface area (Å²) in [6.07, 6.45) is 3.85. The number of carboxylic acid groups (broad SMARTS) is 1. The van der Waals surface area contributed by atoms with Crippen molar-refractivity contribution in [3.05, 3.63) is 11.8 Å². The van der Waals surface area contributed by atoms with E-state index in [9.17, 15) is 23.3 Å². The Labute approximate surface area is 152 Å². The molecule has 10 heteroatoms. The van der Waals surface area contributed by atoms with Crippen LogP contribution in [-0.2, 0) is 19.4 Å². The second-order valence-corrected chi connectivity index (χ2v) is 8.90. The highest BCUT2D eigenvalue weighted by Crippen LogP contribution is 2.18. The van der Waals surface area contributed by atoms with Gasteiger partial charge in [0.2, 0.25) is 0 Å². The molecule has 2 unspecified atom stereocenters. The molecule has 2 atom stereocenters. The summed E-state index contributed by atoms with van der Waals surface area (Å²) in [4.78, 5) is 25.1. The van der Waals surface area contributed by atoms with E-state index in [2.05, 4.69) is 5.32 Å². The van der Waals surface area contributed by atoms with E-state index in [0.29, 0.717) is 18.7 Å². The average molecular weight is 389 g/mol. The quantitative estimate of drug-likeness (QED) is 0.424. The summed E-state index contributed by atoms with van der Waals surface area (Å²) in [6.45, 7) is 2.24. The van der Waals surface area contributed by atoms with Gasteiger partial charge in [-0.25, -0.2) is 13.2 Å². The van der Waals surface area contributed by atoms with Gasteiger partial charge in [0.05, 0.1) is 11.5 Å². The van der Waals surface area contributed by atoms with Crippen LogP contribution in [0.3, 0.4) is 0 Å². The zero-order valence-electron chi connectivity index (χ0n) is 14.3.